The molecule has 134 valence electrons. The van der Waals surface area contributed by atoms with Gasteiger partial charge >= 0.3 is 0 Å². The highest BCUT2D eigenvalue weighted by Gasteiger charge is 2.06. The number of anilines is 1. The van der Waals surface area contributed by atoms with Gasteiger partial charge in [-0.3, -0.25) is 14.3 Å². The molecule has 0 unspecified atom stereocenters. The maximum atomic E-state index is 11.9. The lowest BCUT2D eigenvalue weighted by atomic mass is 10.2. The number of aryl methyl sites for hydroxylation is 3. The number of carbonyl (C=O) groups excluding carboxylic acids is 2. The molecule has 2 amide bonds. The van der Waals surface area contributed by atoms with Gasteiger partial charge in [-0.25, -0.2) is 0 Å². The molecular weight excluding hydrogens is 336 g/mol. The third kappa shape index (κ3) is 7.43. The van der Waals surface area contributed by atoms with Crippen LogP contribution in [0.25, 0.3) is 0 Å². The second kappa shape index (κ2) is 9.88. The minimum absolute atomic E-state index is 0.0421. The van der Waals surface area contributed by atoms with Gasteiger partial charge < -0.3 is 10.6 Å². The summed E-state index contributed by atoms with van der Waals surface area (Å²) in [6.45, 7) is 2.60. The molecular formula is C18H24N4O2S. The molecule has 0 saturated heterocycles. The van der Waals surface area contributed by atoms with Gasteiger partial charge in [-0.15, -0.1) is 11.8 Å². The van der Waals surface area contributed by atoms with E-state index in [-0.39, 0.29) is 23.3 Å². The Balaban J connectivity index is 1.54. The van der Waals surface area contributed by atoms with E-state index in [1.54, 1.807) is 4.68 Å². The van der Waals surface area contributed by atoms with Crippen molar-refractivity contribution >= 4 is 29.3 Å². The Labute approximate surface area is 152 Å². The summed E-state index contributed by atoms with van der Waals surface area (Å²) in [5.41, 5.74) is 3.04. The van der Waals surface area contributed by atoms with Crippen LogP contribution in [0.5, 0.6) is 0 Å². The molecule has 0 radical (unpaired) electrons. The Bertz CT molecular complexity index is 715. The summed E-state index contributed by atoms with van der Waals surface area (Å²) >= 11 is 1.31. The van der Waals surface area contributed by atoms with Crippen LogP contribution in [-0.4, -0.2) is 39.6 Å². The first-order valence-electron chi connectivity index (χ1n) is 8.21. The standard InChI is InChI=1S/C18H24N4O2S/c1-14-5-3-7-16(9-14)21-18(24)13-25-12-17(23)19-8-4-6-15-10-20-22(2)11-15/h3,5,7,9-11H,4,6,8,12-13H2,1-2H3,(H,19,23)(H,21,24). The fourth-order valence-electron chi connectivity index (χ4n) is 2.33. The summed E-state index contributed by atoms with van der Waals surface area (Å²) in [4.78, 5) is 23.6. The quantitative estimate of drug-likeness (QED) is 0.672. The second-order valence-electron chi connectivity index (χ2n) is 5.89. The average Bonchev–Trinajstić information content (AvgIpc) is 2.97. The number of carbonyl (C=O) groups is 2. The van der Waals surface area contributed by atoms with E-state index in [1.807, 2.05) is 50.6 Å². The number of aromatic nitrogens is 2. The van der Waals surface area contributed by atoms with E-state index in [0.717, 1.165) is 24.1 Å². The lowest BCUT2D eigenvalue weighted by Gasteiger charge is -2.06. The Hall–Kier alpha value is -2.28. The normalized spacial score (nSPS) is 10.5. The smallest absolute Gasteiger partial charge is 0.234 e. The summed E-state index contributed by atoms with van der Waals surface area (Å²) in [6, 6.07) is 7.64. The van der Waals surface area contributed by atoms with Crippen LogP contribution in [-0.2, 0) is 23.1 Å². The molecule has 0 bridgehead atoms. The van der Waals surface area contributed by atoms with Gasteiger partial charge in [0, 0.05) is 25.5 Å². The zero-order valence-electron chi connectivity index (χ0n) is 14.6. The molecule has 0 saturated carbocycles. The average molecular weight is 360 g/mol. The van der Waals surface area contributed by atoms with Crippen molar-refractivity contribution in [2.24, 2.45) is 7.05 Å². The van der Waals surface area contributed by atoms with Crippen LogP contribution >= 0.6 is 11.8 Å². The molecule has 2 rings (SSSR count). The van der Waals surface area contributed by atoms with Crippen molar-refractivity contribution in [1.29, 1.82) is 0 Å². The number of thioether (sulfide) groups is 1. The van der Waals surface area contributed by atoms with Crippen molar-refractivity contribution < 1.29 is 9.59 Å². The number of amides is 2. The van der Waals surface area contributed by atoms with Gasteiger partial charge in [0.25, 0.3) is 0 Å². The monoisotopic (exact) mass is 360 g/mol. The lowest BCUT2D eigenvalue weighted by molar-refractivity contribution is -0.118. The number of benzene rings is 1. The first kappa shape index (κ1) is 19.1. The van der Waals surface area contributed by atoms with Crippen LogP contribution in [0.3, 0.4) is 0 Å². The van der Waals surface area contributed by atoms with Crippen LogP contribution in [0.2, 0.25) is 0 Å². The summed E-state index contributed by atoms with van der Waals surface area (Å²) in [7, 11) is 1.89. The predicted molar refractivity (Wildman–Crippen MR) is 102 cm³/mol. The molecule has 0 atom stereocenters. The molecule has 0 aliphatic heterocycles. The molecule has 6 nitrogen and oxygen atoms in total. The van der Waals surface area contributed by atoms with Crippen molar-refractivity contribution in [3.63, 3.8) is 0 Å². The van der Waals surface area contributed by atoms with E-state index in [2.05, 4.69) is 15.7 Å². The van der Waals surface area contributed by atoms with Crippen molar-refractivity contribution in [3.05, 3.63) is 47.8 Å². The highest BCUT2D eigenvalue weighted by atomic mass is 32.2. The van der Waals surface area contributed by atoms with Crippen molar-refractivity contribution in [2.75, 3.05) is 23.4 Å². The van der Waals surface area contributed by atoms with Gasteiger partial charge in [-0.2, -0.15) is 5.10 Å². The van der Waals surface area contributed by atoms with E-state index in [4.69, 9.17) is 0 Å². The van der Waals surface area contributed by atoms with Gasteiger partial charge in [-0.1, -0.05) is 12.1 Å². The Morgan fingerprint density at radius 1 is 1.24 bits per heavy atom. The fraction of sp³-hybridized carbons (Fsp3) is 0.389. The van der Waals surface area contributed by atoms with E-state index >= 15 is 0 Å². The fourth-order valence-corrected chi connectivity index (χ4v) is 2.98. The van der Waals surface area contributed by atoms with Crippen LogP contribution in [0.1, 0.15) is 17.5 Å². The Morgan fingerprint density at radius 2 is 2.04 bits per heavy atom. The van der Waals surface area contributed by atoms with Crippen LogP contribution < -0.4 is 10.6 Å². The van der Waals surface area contributed by atoms with Crippen LogP contribution in [0.4, 0.5) is 5.69 Å². The van der Waals surface area contributed by atoms with Crippen LogP contribution in [0.15, 0.2) is 36.7 Å². The molecule has 0 aliphatic rings. The molecule has 1 aromatic carbocycles. The summed E-state index contributed by atoms with van der Waals surface area (Å²) in [5, 5.41) is 9.81. The molecule has 1 heterocycles. The Kier molecular flexibility index (Phi) is 7.53. The van der Waals surface area contributed by atoms with Crippen LogP contribution in [0, 0.1) is 6.92 Å². The summed E-state index contributed by atoms with van der Waals surface area (Å²) in [5.74, 6) is 0.407. The van der Waals surface area contributed by atoms with Crippen molar-refractivity contribution in [2.45, 2.75) is 19.8 Å². The molecule has 7 heteroatoms. The third-order valence-corrected chi connectivity index (χ3v) is 4.42. The maximum absolute atomic E-state index is 11.9. The second-order valence-corrected chi connectivity index (χ2v) is 6.87. The highest BCUT2D eigenvalue weighted by molar-refractivity contribution is 8.00. The minimum Gasteiger partial charge on any atom is -0.355 e. The first-order chi connectivity index (χ1) is 12.0. The molecule has 0 aliphatic carbocycles. The van der Waals surface area contributed by atoms with Gasteiger partial charge in [-0.05, 0) is 43.0 Å². The van der Waals surface area contributed by atoms with Crippen molar-refractivity contribution in [3.8, 4) is 0 Å². The lowest BCUT2D eigenvalue weighted by Crippen LogP contribution is -2.27. The zero-order valence-corrected chi connectivity index (χ0v) is 15.4. The van der Waals surface area contributed by atoms with E-state index < -0.39 is 0 Å². The van der Waals surface area contributed by atoms with E-state index in [0.29, 0.717) is 6.54 Å². The largest absolute Gasteiger partial charge is 0.355 e. The zero-order chi connectivity index (χ0) is 18.1. The van der Waals surface area contributed by atoms with E-state index in [1.165, 1.54) is 17.3 Å². The SMILES string of the molecule is Cc1cccc(NC(=O)CSCC(=O)NCCCc2cnn(C)c2)c1. The number of nitrogens with zero attached hydrogens (tertiary/aromatic N) is 2. The molecule has 1 aromatic heterocycles. The predicted octanol–water partition coefficient (Wildman–Crippen LogP) is 2.15. The third-order valence-electron chi connectivity index (χ3n) is 3.49. The molecule has 2 aromatic rings. The van der Waals surface area contributed by atoms with Gasteiger partial charge in [0.1, 0.15) is 0 Å². The summed E-state index contributed by atoms with van der Waals surface area (Å²) < 4.78 is 1.77. The number of rotatable bonds is 9. The molecule has 0 spiro atoms. The Morgan fingerprint density at radius 3 is 2.76 bits per heavy atom. The minimum atomic E-state index is -0.0972. The molecule has 2 N–H and O–H groups in total. The first-order valence-corrected chi connectivity index (χ1v) is 9.37. The molecule has 0 fully saturated rings. The van der Waals surface area contributed by atoms with E-state index in [9.17, 15) is 9.59 Å². The molecule has 25 heavy (non-hydrogen) atoms. The summed E-state index contributed by atoms with van der Waals surface area (Å²) in [6.07, 6.45) is 5.57. The number of hydrogen-bond donors (Lipinski definition) is 2. The number of hydrogen-bond acceptors (Lipinski definition) is 4. The van der Waals surface area contributed by atoms with Gasteiger partial charge in [0.2, 0.25) is 11.8 Å². The number of nitrogens with one attached hydrogen (secondary N) is 2. The topological polar surface area (TPSA) is 76.0 Å². The maximum Gasteiger partial charge on any atom is 0.234 e. The van der Waals surface area contributed by atoms with Crippen molar-refractivity contribution in [1.82, 2.24) is 15.1 Å². The highest BCUT2D eigenvalue weighted by Crippen LogP contribution is 2.10. The van der Waals surface area contributed by atoms with Gasteiger partial charge in [0.15, 0.2) is 0 Å². The van der Waals surface area contributed by atoms with Gasteiger partial charge in [0.05, 0.1) is 17.7 Å².